The number of rotatable bonds is 7. The van der Waals surface area contributed by atoms with Crippen LogP contribution in [0.1, 0.15) is 0 Å². The molecule has 0 aliphatic carbocycles. The molecule has 0 fully saturated rings. The molecule has 4 rings (SSSR count). The van der Waals surface area contributed by atoms with Crippen LogP contribution in [0.4, 0.5) is 5.69 Å². The predicted molar refractivity (Wildman–Crippen MR) is 115 cm³/mol. The SMILES string of the molecule is CSc1nnnn1-c1cccc(NC(=O)CSc2nnc(-c3ccc(Cl)cc3)o2)c1. The monoisotopic (exact) mass is 459 g/mol. The normalized spacial score (nSPS) is 10.9. The van der Waals surface area contributed by atoms with Gasteiger partial charge in [-0.3, -0.25) is 4.79 Å². The molecule has 9 nitrogen and oxygen atoms in total. The number of anilines is 1. The van der Waals surface area contributed by atoms with E-state index in [1.807, 2.05) is 18.4 Å². The molecule has 0 radical (unpaired) electrons. The summed E-state index contributed by atoms with van der Waals surface area (Å²) in [4.78, 5) is 12.3. The lowest BCUT2D eigenvalue weighted by Gasteiger charge is -2.07. The smallest absolute Gasteiger partial charge is 0.277 e. The Balaban J connectivity index is 1.36. The molecule has 0 unspecified atom stereocenters. The standard InChI is InChI=1S/C18H14ClN7O2S2/c1-29-17-22-24-25-26(17)14-4-2-3-13(9-14)20-15(27)10-30-18-23-21-16(28-18)11-5-7-12(19)8-6-11/h2-9H,10H2,1H3,(H,20,27). The van der Waals surface area contributed by atoms with Crippen LogP contribution in [-0.4, -0.2) is 48.3 Å². The van der Waals surface area contributed by atoms with Gasteiger partial charge in [0.2, 0.25) is 17.0 Å². The summed E-state index contributed by atoms with van der Waals surface area (Å²) in [5.41, 5.74) is 2.14. The maximum absolute atomic E-state index is 12.3. The van der Waals surface area contributed by atoms with E-state index in [1.54, 1.807) is 41.1 Å². The van der Waals surface area contributed by atoms with Crippen LogP contribution in [0.3, 0.4) is 0 Å². The van der Waals surface area contributed by atoms with Gasteiger partial charge in [-0.2, -0.15) is 4.68 Å². The van der Waals surface area contributed by atoms with Gasteiger partial charge in [0, 0.05) is 16.3 Å². The average molecular weight is 460 g/mol. The van der Waals surface area contributed by atoms with Crippen LogP contribution in [0.25, 0.3) is 17.1 Å². The number of tetrazole rings is 1. The molecule has 2 heterocycles. The Morgan fingerprint density at radius 2 is 2.00 bits per heavy atom. The third kappa shape index (κ3) is 4.81. The van der Waals surface area contributed by atoms with Crippen LogP contribution in [0.15, 0.2) is 63.3 Å². The lowest BCUT2D eigenvalue weighted by molar-refractivity contribution is -0.113. The van der Waals surface area contributed by atoms with Crippen LogP contribution in [0, 0.1) is 0 Å². The molecule has 1 N–H and O–H groups in total. The van der Waals surface area contributed by atoms with E-state index < -0.39 is 0 Å². The topological polar surface area (TPSA) is 112 Å². The van der Waals surface area contributed by atoms with E-state index in [0.717, 1.165) is 23.0 Å². The van der Waals surface area contributed by atoms with Crippen molar-refractivity contribution in [1.29, 1.82) is 0 Å². The second kappa shape index (κ2) is 9.28. The zero-order chi connectivity index (χ0) is 20.9. The quantitative estimate of drug-likeness (QED) is 0.412. The Morgan fingerprint density at radius 1 is 1.17 bits per heavy atom. The number of hydrogen-bond acceptors (Lipinski definition) is 9. The fourth-order valence-corrected chi connectivity index (χ4v) is 3.61. The highest BCUT2D eigenvalue weighted by molar-refractivity contribution is 7.99. The molecule has 4 aromatic rings. The van der Waals surface area contributed by atoms with Gasteiger partial charge in [-0.05, 0) is 59.1 Å². The zero-order valence-electron chi connectivity index (χ0n) is 15.5. The molecule has 0 aliphatic heterocycles. The first-order chi connectivity index (χ1) is 14.6. The summed E-state index contributed by atoms with van der Waals surface area (Å²) in [5.74, 6) is 0.284. The van der Waals surface area contributed by atoms with Gasteiger partial charge >= 0.3 is 0 Å². The van der Waals surface area contributed by atoms with Gasteiger partial charge in [-0.15, -0.1) is 15.3 Å². The number of benzene rings is 2. The molecule has 12 heteroatoms. The first-order valence-corrected chi connectivity index (χ1v) is 11.2. The van der Waals surface area contributed by atoms with E-state index in [2.05, 4.69) is 31.0 Å². The molecule has 0 saturated heterocycles. The van der Waals surface area contributed by atoms with Gasteiger partial charge in [0.05, 0.1) is 11.4 Å². The average Bonchev–Trinajstić information content (AvgIpc) is 3.42. The summed E-state index contributed by atoms with van der Waals surface area (Å²) < 4.78 is 7.20. The number of nitrogens with one attached hydrogen (secondary N) is 1. The van der Waals surface area contributed by atoms with E-state index in [9.17, 15) is 4.79 Å². The Labute approximate surface area is 184 Å². The number of aromatic nitrogens is 6. The molecule has 0 atom stereocenters. The number of hydrogen-bond donors (Lipinski definition) is 1. The second-order valence-corrected chi connectivity index (χ2v) is 7.98. The van der Waals surface area contributed by atoms with Crippen LogP contribution in [0.5, 0.6) is 0 Å². The summed E-state index contributed by atoms with van der Waals surface area (Å²) in [6.45, 7) is 0. The van der Waals surface area contributed by atoms with Gasteiger partial charge in [0.25, 0.3) is 5.22 Å². The van der Waals surface area contributed by atoms with Crippen molar-refractivity contribution in [3.63, 3.8) is 0 Å². The minimum atomic E-state index is -0.204. The summed E-state index contributed by atoms with van der Waals surface area (Å²) in [6, 6.07) is 14.3. The Hall–Kier alpha value is -2.89. The molecule has 0 bridgehead atoms. The highest BCUT2D eigenvalue weighted by Gasteiger charge is 2.12. The molecule has 2 aromatic carbocycles. The summed E-state index contributed by atoms with van der Waals surface area (Å²) in [6.07, 6.45) is 1.89. The molecular weight excluding hydrogens is 446 g/mol. The van der Waals surface area contributed by atoms with E-state index in [4.69, 9.17) is 16.0 Å². The van der Waals surface area contributed by atoms with E-state index in [0.29, 0.717) is 27.0 Å². The molecular formula is C18H14ClN7O2S2. The Kier molecular flexibility index (Phi) is 6.31. The van der Waals surface area contributed by atoms with Gasteiger partial charge in [0.1, 0.15) is 0 Å². The van der Waals surface area contributed by atoms with Crippen LogP contribution in [0.2, 0.25) is 5.02 Å². The maximum Gasteiger partial charge on any atom is 0.277 e. The fraction of sp³-hybridized carbons (Fsp3) is 0.111. The van der Waals surface area contributed by atoms with Crippen molar-refractivity contribution in [2.75, 3.05) is 17.3 Å². The number of halogens is 1. The maximum atomic E-state index is 12.3. The van der Waals surface area contributed by atoms with Gasteiger partial charge in [-0.25, -0.2) is 0 Å². The highest BCUT2D eigenvalue weighted by atomic mass is 35.5. The van der Waals surface area contributed by atoms with Crippen LogP contribution < -0.4 is 5.32 Å². The lowest BCUT2D eigenvalue weighted by atomic mass is 10.2. The third-order valence-electron chi connectivity index (χ3n) is 3.82. The number of carbonyl (C=O) groups excluding carboxylic acids is 1. The van der Waals surface area contributed by atoms with E-state index >= 15 is 0 Å². The number of nitrogens with zero attached hydrogens (tertiary/aromatic N) is 6. The lowest BCUT2D eigenvalue weighted by Crippen LogP contribution is -2.14. The van der Waals surface area contributed by atoms with Gasteiger partial charge < -0.3 is 9.73 Å². The third-order valence-corrected chi connectivity index (χ3v) is 5.51. The van der Waals surface area contributed by atoms with Crippen molar-refractivity contribution in [3.8, 4) is 17.1 Å². The number of thioether (sulfide) groups is 2. The van der Waals surface area contributed by atoms with Crippen molar-refractivity contribution in [2.24, 2.45) is 0 Å². The second-order valence-electron chi connectivity index (χ2n) is 5.84. The van der Waals surface area contributed by atoms with E-state index in [1.165, 1.54) is 11.8 Å². The van der Waals surface area contributed by atoms with E-state index in [-0.39, 0.29) is 11.7 Å². The molecule has 0 spiro atoms. The first-order valence-electron chi connectivity index (χ1n) is 8.57. The van der Waals surface area contributed by atoms with Crippen molar-refractivity contribution >= 4 is 46.7 Å². The minimum absolute atomic E-state index is 0.118. The van der Waals surface area contributed by atoms with Crippen molar-refractivity contribution in [3.05, 3.63) is 53.6 Å². The largest absolute Gasteiger partial charge is 0.411 e. The summed E-state index contributed by atoms with van der Waals surface area (Å²) in [7, 11) is 0. The number of carbonyl (C=O) groups is 1. The van der Waals surface area contributed by atoms with Crippen molar-refractivity contribution in [1.82, 2.24) is 30.4 Å². The molecule has 0 saturated carbocycles. The Morgan fingerprint density at radius 3 is 2.80 bits per heavy atom. The molecule has 0 aliphatic rings. The zero-order valence-corrected chi connectivity index (χ0v) is 17.9. The first kappa shape index (κ1) is 20.4. The van der Waals surface area contributed by atoms with Gasteiger partial charge in [-0.1, -0.05) is 41.2 Å². The molecule has 2 aromatic heterocycles. The fourth-order valence-electron chi connectivity index (χ4n) is 2.49. The van der Waals surface area contributed by atoms with Crippen molar-refractivity contribution < 1.29 is 9.21 Å². The number of amides is 1. The van der Waals surface area contributed by atoms with Crippen LogP contribution in [-0.2, 0) is 4.79 Å². The highest BCUT2D eigenvalue weighted by Crippen LogP contribution is 2.25. The molecule has 152 valence electrons. The summed E-state index contributed by atoms with van der Waals surface area (Å²) in [5, 5.41) is 24.0. The Bertz CT molecular complexity index is 1160. The minimum Gasteiger partial charge on any atom is -0.411 e. The molecule has 30 heavy (non-hydrogen) atoms. The van der Waals surface area contributed by atoms with Crippen molar-refractivity contribution in [2.45, 2.75) is 10.4 Å². The molecule has 1 amide bonds. The van der Waals surface area contributed by atoms with Gasteiger partial charge in [0.15, 0.2) is 0 Å². The summed E-state index contributed by atoms with van der Waals surface area (Å²) >= 11 is 8.47. The predicted octanol–water partition coefficient (Wildman–Crippen LogP) is 3.82. The van der Waals surface area contributed by atoms with Crippen LogP contribution >= 0.6 is 35.1 Å².